The van der Waals surface area contributed by atoms with Crippen molar-refractivity contribution in [2.75, 3.05) is 6.54 Å². The minimum atomic E-state index is -1.23. The molecule has 6 atom stereocenters. The lowest BCUT2D eigenvalue weighted by Gasteiger charge is -2.32. The third kappa shape index (κ3) is 12.9. The van der Waals surface area contributed by atoms with Crippen LogP contribution in [0.4, 0.5) is 0 Å². The molecule has 0 bridgehead atoms. The first-order valence-electron chi connectivity index (χ1n) is 20.6. The zero-order valence-corrected chi connectivity index (χ0v) is 33.8. The van der Waals surface area contributed by atoms with Gasteiger partial charge in [0.25, 0.3) is 0 Å². The summed E-state index contributed by atoms with van der Waals surface area (Å²) < 4.78 is 0. The van der Waals surface area contributed by atoms with Crippen LogP contribution in [0.15, 0.2) is 67.1 Å². The Labute approximate surface area is 344 Å². The Hall–Kier alpha value is -5.77. The summed E-state index contributed by atoms with van der Waals surface area (Å²) in [5.74, 6) is -4.16. The number of hydrogen-bond acceptors (Lipinski definition) is 9. The molecule has 0 spiro atoms. The Bertz CT molecular complexity index is 1870. The second kappa shape index (κ2) is 21.3. The average molecular weight is 815 g/mol. The van der Waals surface area contributed by atoms with Crippen molar-refractivity contribution in [3.8, 4) is 5.75 Å². The lowest BCUT2D eigenvalue weighted by molar-refractivity contribution is -0.145. The molecule has 9 N–H and O–H groups in total. The van der Waals surface area contributed by atoms with E-state index in [0.717, 1.165) is 37.7 Å². The maximum absolute atomic E-state index is 14.5. The summed E-state index contributed by atoms with van der Waals surface area (Å²) in [5, 5.41) is 31.0. The Balaban J connectivity index is 1.37. The molecule has 1 saturated carbocycles. The van der Waals surface area contributed by atoms with Crippen LogP contribution >= 0.6 is 0 Å². The second-order valence-corrected chi connectivity index (χ2v) is 16.1. The maximum atomic E-state index is 14.5. The molecule has 5 rings (SSSR count). The summed E-state index contributed by atoms with van der Waals surface area (Å²) in [6, 6.07) is 8.67. The van der Waals surface area contributed by atoms with E-state index in [9.17, 15) is 39.0 Å². The third-order valence-corrected chi connectivity index (χ3v) is 11.3. The molecular formula is C43H58N8O8. The highest BCUT2D eigenvalue weighted by Gasteiger charge is 2.40. The van der Waals surface area contributed by atoms with Crippen LogP contribution in [0.3, 0.4) is 0 Å². The highest BCUT2D eigenvalue weighted by Crippen LogP contribution is 2.28. The molecule has 1 saturated heterocycles. The molecule has 16 nitrogen and oxygen atoms in total. The fraction of sp³-hybridized carbons (Fsp3) is 0.512. The Morgan fingerprint density at radius 2 is 1.39 bits per heavy atom. The van der Waals surface area contributed by atoms with Crippen molar-refractivity contribution in [1.29, 1.82) is 0 Å². The SMILES string of the molecule is CC(C)[C@H](N)C(=O)N[C@@H](Cc1ccc(O)cc1)C(=O)N[C@@H](CC1CCCCC1)C(=O)N[C@@H](Cc1cnc[nH]1)C(=O)N1CCC[C@H]1C(=O)N[C@@H](Cc1ccccc1)C(=O)O. The summed E-state index contributed by atoms with van der Waals surface area (Å²) in [6.07, 6.45) is 8.91. The number of aromatic nitrogens is 2. The van der Waals surface area contributed by atoms with Crippen LogP contribution in [-0.4, -0.2) is 103 Å². The monoisotopic (exact) mass is 814 g/mol. The second-order valence-electron chi connectivity index (χ2n) is 16.1. The number of carboxylic acids is 1. The standard InChI is InChI=1S/C43H58N8O8/c1-26(2)37(44)41(56)48-33(21-29-15-17-31(52)18-16-29)38(53)47-32(20-27-10-5-3-6-11-27)39(54)49-34(23-30-24-45-25-46-30)42(57)51-19-9-14-36(51)40(55)50-35(43(58)59)22-28-12-7-4-8-13-28/h4,7-8,12-13,15-18,24-27,32-37,52H,3,5-6,9-11,14,19-23,44H2,1-2H3,(H,45,46)(H,47,53)(H,48,56)(H,49,54)(H,50,55)(H,58,59)/t32-,33-,34-,35-,36-,37-/m0/s1. The largest absolute Gasteiger partial charge is 0.508 e. The van der Waals surface area contributed by atoms with Crippen molar-refractivity contribution in [2.24, 2.45) is 17.6 Å². The minimum absolute atomic E-state index is 0.00209. The van der Waals surface area contributed by atoms with Gasteiger partial charge in [0.1, 0.15) is 36.0 Å². The first kappa shape index (κ1) is 44.3. The summed E-state index contributed by atoms with van der Waals surface area (Å²) >= 11 is 0. The van der Waals surface area contributed by atoms with Gasteiger partial charge in [0.15, 0.2) is 0 Å². The molecule has 16 heteroatoms. The number of rotatable bonds is 19. The van der Waals surface area contributed by atoms with E-state index in [2.05, 4.69) is 31.2 Å². The molecule has 3 aromatic rings. The van der Waals surface area contributed by atoms with Gasteiger partial charge in [-0.05, 0) is 54.4 Å². The number of carbonyl (C=O) groups excluding carboxylic acids is 5. The van der Waals surface area contributed by atoms with Crippen LogP contribution in [0.5, 0.6) is 5.75 Å². The summed E-state index contributed by atoms with van der Waals surface area (Å²) in [6.45, 7) is 3.79. The van der Waals surface area contributed by atoms with Crippen LogP contribution in [0, 0.1) is 11.8 Å². The molecule has 2 heterocycles. The average Bonchev–Trinajstić information content (AvgIpc) is 3.94. The van der Waals surface area contributed by atoms with E-state index in [1.807, 2.05) is 6.07 Å². The number of aromatic hydroxyl groups is 1. The summed E-state index contributed by atoms with van der Waals surface area (Å²) in [7, 11) is 0. The van der Waals surface area contributed by atoms with Crippen LogP contribution < -0.4 is 27.0 Å². The normalized spacial score (nSPS) is 18.2. The highest BCUT2D eigenvalue weighted by molar-refractivity contribution is 5.96. The first-order chi connectivity index (χ1) is 28.3. The molecule has 59 heavy (non-hydrogen) atoms. The Kier molecular flexibility index (Phi) is 16.0. The quantitative estimate of drug-likeness (QED) is 0.0876. The van der Waals surface area contributed by atoms with Gasteiger partial charge >= 0.3 is 5.97 Å². The molecule has 2 fully saturated rings. The van der Waals surface area contributed by atoms with Gasteiger partial charge in [-0.3, -0.25) is 24.0 Å². The number of hydrogen-bond donors (Lipinski definition) is 8. The number of amides is 5. The number of nitrogens with one attached hydrogen (secondary N) is 5. The van der Waals surface area contributed by atoms with E-state index < -0.39 is 71.8 Å². The number of aromatic amines is 1. The molecule has 2 aliphatic rings. The number of imidazole rings is 1. The molecule has 318 valence electrons. The molecule has 1 aliphatic heterocycles. The van der Waals surface area contributed by atoms with Gasteiger partial charge in [0.2, 0.25) is 29.5 Å². The predicted molar refractivity (Wildman–Crippen MR) is 218 cm³/mol. The van der Waals surface area contributed by atoms with Crippen molar-refractivity contribution in [3.05, 3.63) is 83.9 Å². The van der Waals surface area contributed by atoms with Crippen molar-refractivity contribution >= 4 is 35.5 Å². The highest BCUT2D eigenvalue weighted by atomic mass is 16.4. The van der Waals surface area contributed by atoms with E-state index in [1.165, 1.54) is 29.6 Å². The lowest BCUT2D eigenvalue weighted by Crippen LogP contribution is -2.60. The number of carbonyl (C=O) groups is 6. The van der Waals surface area contributed by atoms with E-state index in [0.29, 0.717) is 30.5 Å². The fourth-order valence-electron chi connectivity index (χ4n) is 7.82. The van der Waals surface area contributed by atoms with Gasteiger partial charge < -0.3 is 47.1 Å². The fourth-order valence-corrected chi connectivity index (χ4v) is 7.82. The van der Waals surface area contributed by atoms with Gasteiger partial charge in [0, 0.05) is 37.7 Å². The summed E-state index contributed by atoms with van der Waals surface area (Å²) in [4.78, 5) is 90.6. The number of benzene rings is 2. The number of likely N-dealkylation sites (tertiary alicyclic amines) is 1. The van der Waals surface area contributed by atoms with Crippen LogP contribution in [0.25, 0.3) is 0 Å². The van der Waals surface area contributed by atoms with Gasteiger partial charge in [-0.1, -0.05) is 88.4 Å². The number of phenols is 1. The first-order valence-corrected chi connectivity index (χ1v) is 20.6. The predicted octanol–water partition coefficient (Wildman–Crippen LogP) is 2.11. The third-order valence-electron chi connectivity index (χ3n) is 11.3. The number of carboxylic acid groups (broad SMARTS) is 1. The molecular weight excluding hydrogens is 757 g/mol. The molecule has 1 aliphatic carbocycles. The molecule has 0 radical (unpaired) electrons. The minimum Gasteiger partial charge on any atom is -0.508 e. The number of H-pyrrole nitrogens is 1. The van der Waals surface area contributed by atoms with E-state index in [4.69, 9.17) is 5.73 Å². The van der Waals surface area contributed by atoms with Gasteiger partial charge in [-0.25, -0.2) is 9.78 Å². The molecule has 5 amide bonds. The van der Waals surface area contributed by atoms with E-state index in [-0.39, 0.29) is 43.4 Å². The smallest absolute Gasteiger partial charge is 0.326 e. The molecule has 0 unspecified atom stereocenters. The van der Waals surface area contributed by atoms with Crippen LogP contribution in [0.1, 0.15) is 82.0 Å². The van der Waals surface area contributed by atoms with Crippen molar-refractivity contribution < 1.29 is 39.0 Å². The van der Waals surface area contributed by atoms with Gasteiger partial charge in [-0.15, -0.1) is 0 Å². The van der Waals surface area contributed by atoms with Crippen molar-refractivity contribution in [3.63, 3.8) is 0 Å². The van der Waals surface area contributed by atoms with Gasteiger partial charge in [0.05, 0.1) is 12.4 Å². The van der Waals surface area contributed by atoms with Crippen molar-refractivity contribution in [1.82, 2.24) is 36.1 Å². The number of nitrogens with zero attached hydrogens (tertiary/aromatic N) is 2. The van der Waals surface area contributed by atoms with Gasteiger partial charge in [-0.2, -0.15) is 0 Å². The maximum Gasteiger partial charge on any atom is 0.326 e. The zero-order chi connectivity index (χ0) is 42.5. The van der Waals surface area contributed by atoms with Crippen molar-refractivity contribution in [2.45, 2.75) is 121 Å². The Morgan fingerprint density at radius 3 is 2.03 bits per heavy atom. The van der Waals surface area contributed by atoms with Crippen LogP contribution in [-0.2, 0) is 48.0 Å². The number of phenolic OH excluding ortho intramolecular Hbond substituents is 1. The Morgan fingerprint density at radius 1 is 0.763 bits per heavy atom. The zero-order valence-electron chi connectivity index (χ0n) is 33.8. The molecule has 1 aromatic heterocycles. The van der Waals surface area contributed by atoms with E-state index in [1.54, 1.807) is 50.2 Å². The summed E-state index contributed by atoms with van der Waals surface area (Å²) in [5.41, 5.74) is 8.07. The molecule has 2 aromatic carbocycles. The van der Waals surface area contributed by atoms with E-state index >= 15 is 0 Å². The number of aliphatic carboxylic acids is 1. The van der Waals surface area contributed by atoms with Crippen LogP contribution in [0.2, 0.25) is 0 Å². The topological polar surface area (TPSA) is 249 Å². The lowest BCUT2D eigenvalue weighted by atomic mass is 9.84. The number of nitrogens with two attached hydrogens (primary N) is 1.